The maximum absolute atomic E-state index is 11.1. The Bertz CT molecular complexity index is 1190. The van der Waals surface area contributed by atoms with Gasteiger partial charge in [-0.1, -0.05) is 38.5 Å². The molecule has 0 amide bonds. The first-order valence-corrected chi connectivity index (χ1v) is 19.8. The lowest BCUT2D eigenvalue weighted by molar-refractivity contribution is -0.463. The number of nitrogens with one attached hydrogen (secondary N) is 2. The average molecular weight is 739 g/mol. The SMILES string of the molecule is CN(C)Cc1ccc(CSCCNC(C[N+](=O)[O-])=NCCCCCCCCCCN=C(C[N+](=O)[O-])NCCSCc2ccc(CN(C)C)o2)o1. The quantitative estimate of drug-likeness (QED) is 0.0338. The number of hydrogen-bond donors (Lipinski definition) is 2. The molecule has 0 fully saturated rings. The van der Waals surface area contributed by atoms with Gasteiger partial charge in [0.15, 0.2) is 11.7 Å². The molecule has 16 heteroatoms. The molecule has 0 saturated heterocycles. The third kappa shape index (κ3) is 22.6. The van der Waals surface area contributed by atoms with Crippen LogP contribution >= 0.6 is 23.5 Å². The van der Waals surface area contributed by atoms with Crippen LogP contribution in [-0.4, -0.2) is 110 Å². The minimum atomic E-state index is -0.342. The van der Waals surface area contributed by atoms with E-state index in [0.29, 0.717) is 37.9 Å². The number of aliphatic imine (C=N–C) groups is 2. The third-order valence-corrected chi connectivity index (χ3v) is 9.21. The standard InChI is InChI=1S/C34H58N8O6S2/c1-39(2)23-29-13-15-31(47-29)27-49-21-19-37-33(25-41(43)44)35-17-11-9-7-5-6-8-10-12-18-36-34(26-42(45)46)38-20-22-50-28-32-16-14-30(48-32)24-40(3)4/h13-16H,5-12,17-28H2,1-4H3,(H,35,37)(H,36,38). The van der Waals surface area contributed by atoms with Crippen molar-refractivity contribution in [1.82, 2.24) is 20.4 Å². The van der Waals surface area contributed by atoms with E-state index in [0.717, 1.165) is 111 Å². The van der Waals surface area contributed by atoms with Crippen molar-refractivity contribution < 1.29 is 18.7 Å². The fraction of sp³-hybridized carbons (Fsp3) is 0.706. The number of furan rings is 2. The fourth-order valence-corrected chi connectivity index (χ4v) is 6.45. The van der Waals surface area contributed by atoms with Gasteiger partial charge in [-0.3, -0.25) is 30.2 Å². The van der Waals surface area contributed by atoms with Crippen molar-refractivity contribution in [2.45, 2.75) is 76.0 Å². The molecule has 0 aliphatic rings. The first kappa shape index (κ1) is 43.1. The van der Waals surface area contributed by atoms with Gasteiger partial charge in [-0.25, -0.2) is 0 Å². The van der Waals surface area contributed by atoms with Crippen molar-refractivity contribution in [1.29, 1.82) is 0 Å². The smallest absolute Gasteiger partial charge is 0.259 e. The van der Waals surface area contributed by atoms with E-state index in [2.05, 4.69) is 30.4 Å². The predicted octanol–water partition coefficient (Wildman–Crippen LogP) is 5.81. The summed E-state index contributed by atoms with van der Waals surface area (Å²) in [6, 6.07) is 8.00. The zero-order valence-corrected chi connectivity index (χ0v) is 32.0. The second-order valence-corrected chi connectivity index (χ2v) is 14.8. The van der Waals surface area contributed by atoms with Gasteiger partial charge in [0.05, 0.1) is 24.6 Å². The van der Waals surface area contributed by atoms with Crippen LogP contribution in [0.25, 0.3) is 0 Å². The second-order valence-electron chi connectivity index (χ2n) is 12.6. The molecular formula is C34H58N8O6S2. The topological polar surface area (TPSA) is 168 Å². The van der Waals surface area contributed by atoms with E-state index in [1.807, 2.05) is 52.5 Å². The Morgan fingerprint density at radius 2 is 1.00 bits per heavy atom. The summed E-state index contributed by atoms with van der Waals surface area (Å²) in [6.45, 7) is 3.38. The summed E-state index contributed by atoms with van der Waals surface area (Å²) in [7, 11) is 8.02. The minimum Gasteiger partial charge on any atom is -0.464 e. The van der Waals surface area contributed by atoms with Crippen molar-refractivity contribution in [2.24, 2.45) is 9.98 Å². The number of thioether (sulfide) groups is 2. The summed E-state index contributed by atoms with van der Waals surface area (Å²) in [5.41, 5.74) is 0. The van der Waals surface area contributed by atoms with Gasteiger partial charge in [-0.15, -0.1) is 0 Å². The van der Waals surface area contributed by atoms with Crippen LogP contribution in [0.1, 0.15) is 74.4 Å². The molecule has 50 heavy (non-hydrogen) atoms. The van der Waals surface area contributed by atoms with Gasteiger partial charge < -0.3 is 29.3 Å². The number of nitrogens with zero attached hydrogens (tertiary/aromatic N) is 6. The molecule has 2 N–H and O–H groups in total. The van der Waals surface area contributed by atoms with Crippen molar-refractivity contribution in [2.75, 3.05) is 79.0 Å². The van der Waals surface area contributed by atoms with Gasteiger partial charge in [-0.05, 0) is 65.3 Å². The van der Waals surface area contributed by atoms with Gasteiger partial charge in [0.1, 0.15) is 23.0 Å². The Morgan fingerprint density at radius 3 is 1.36 bits per heavy atom. The van der Waals surface area contributed by atoms with Crippen molar-refractivity contribution in [3.8, 4) is 0 Å². The van der Waals surface area contributed by atoms with Crippen LogP contribution in [0.2, 0.25) is 0 Å². The molecule has 0 unspecified atom stereocenters. The van der Waals surface area contributed by atoms with Gasteiger partial charge >= 0.3 is 0 Å². The van der Waals surface area contributed by atoms with Crippen LogP contribution in [0.5, 0.6) is 0 Å². The van der Waals surface area contributed by atoms with E-state index in [4.69, 9.17) is 8.83 Å². The molecule has 2 aromatic heterocycles. The molecule has 0 radical (unpaired) electrons. The average Bonchev–Trinajstić information content (AvgIpc) is 3.68. The van der Waals surface area contributed by atoms with E-state index in [-0.39, 0.29) is 22.9 Å². The number of nitro groups is 2. The fourth-order valence-electron chi connectivity index (χ4n) is 4.95. The highest BCUT2D eigenvalue weighted by Crippen LogP contribution is 2.17. The Kier molecular flexibility index (Phi) is 23.0. The molecule has 2 heterocycles. The predicted molar refractivity (Wildman–Crippen MR) is 206 cm³/mol. The molecule has 0 aliphatic heterocycles. The Morgan fingerprint density at radius 1 is 0.640 bits per heavy atom. The van der Waals surface area contributed by atoms with Crippen molar-refractivity contribution in [3.05, 3.63) is 67.5 Å². The lowest BCUT2D eigenvalue weighted by Crippen LogP contribution is -2.32. The number of hydrogen-bond acceptors (Lipinski definition) is 12. The van der Waals surface area contributed by atoms with Gasteiger partial charge in [-0.2, -0.15) is 23.5 Å². The maximum Gasteiger partial charge on any atom is 0.259 e. The van der Waals surface area contributed by atoms with Gasteiger partial charge in [0.25, 0.3) is 13.1 Å². The van der Waals surface area contributed by atoms with E-state index >= 15 is 0 Å². The number of amidine groups is 2. The van der Waals surface area contributed by atoms with Crippen LogP contribution in [-0.2, 0) is 24.6 Å². The van der Waals surface area contributed by atoms with Crippen LogP contribution in [0.15, 0.2) is 43.1 Å². The molecule has 0 saturated carbocycles. The van der Waals surface area contributed by atoms with E-state index in [9.17, 15) is 20.2 Å². The Labute approximate surface area is 306 Å². The lowest BCUT2D eigenvalue weighted by atomic mass is 10.1. The molecule has 282 valence electrons. The first-order valence-electron chi connectivity index (χ1n) is 17.5. The number of unbranched alkanes of at least 4 members (excludes halogenated alkanes) is 7. The number of rotatable bonds is 29. The van der Waals surface area contributed by atoms with E-state index in [1.54, 1.807) is 23.5 Å². The molecule has 0 aliphatic carbocycles. The molecule has 0 spiro atoms. The third-order valence-electron chi connectivity index (χ3n) is 7.25. The van der Waals surface area contributed by atoms with E-state index in [1.165, 1.54) is 0 Å². The highest BCUT2D eigenvalue weighted by atomic mass is 32.2. The molecule has 0 atom stereocenters. The lowest BCUT2D eigenvalue weighted by Gasteiger charge is -2.07. The van der Waals surface area contributed by atoms with Crippen molar-refractivity contribution in [3.63, 3.8) is 0 Å². The monoisotopic (exact) mass is 738 g/mol. The summed E-state index contributed by atoms with van der Waals surface area (Å²) in [6.07, 6.45) is 8.39. The van der Waals surface area contributed by atoms with Gasteiger partial charge in [0, 0.05) is 47.5 Å². The molecular weight excluding hydrogens is 681 g/mol. The first-order chi connectivity index (χ1) is 24.1. The highest BCUT2D eigenvalue weighted by Gasteiger charge is 2.09. The van der Waals surface area contributed by atoms with E-state index < -0.39 is 0 Å². The normalized spacial score (nSPS) is 12.3. The molecule has 0 aromatic carbocycles. The second kappa shape index (κ2) is 26.7. The summed E-state index contributed by atoms with van der Waals surface area (Å²) in [4.78, 5) is 34.5. The zero-order chi connectivity index (χ0) is 36.4. The molecule has 2 rings (SSSR count). The molecule has 0 bridgehead atoms. The summed E-state index contributed by atoms with van der Waals surface area (Å²) in [5.74, 6) is 7.78. The zero-order valence-electron chi connectivity index (χ0n) is 30.4. The van der Waals surface area contributed by atoms with Crippen LogP contribution in [0.4, 0.5) is 0 Å². The summed E-state index contributed by atoms with van der Waals surface area (Å²) >= 11 is 3.44. The summed E-state index contributed by atoms with van der Waals surface area (Å²) in [5, 5.41) is 28.5. The molecule has 2 aromatic rings. The largest absolute Gasteiger partial charge is 0.464 e. The Balaban J connectivity index is 1.50. The van der Waals surface area contributed by atoms with Crippen molar-refractivity contribution >= 4 is 35.2 Å². The minimum absolute atomic E-state index is 0.283. The highest BCUT2D eigenvalue weighted by molar-refractivity contribution is 7.98. The Hall–Kier alpha value is -3.08. The maximum atomic E-state index is 11.1. The van der Waals surface area contributed by atoms with Crippen LogP contribution < -0.4 is 10.6 Å². The van der Waals surface area contributed by atoms with Crippen LogP contribution in [0.3, 0.4) is 0 Å². The molecule has 14 nitrogen and oxygen atoms in total. The van der Waals surface area contributed by atoms with Gasteiger partial charge in [0.2, 0.25) is 0 Å². The van der Waals surface area contributed by atoms with Crippen LogP contribution in [0, 0.1) is 20.2 Å². The summed E-state index contributed by atoms with van der Waals surface area (Å²) < 4.78 is 11.6.